The van der Waals surface area contributed by atoms with Crippen LogP contribution in [0.3, 0.4) is 0 Å². The van der Waals surface area contributed by atoms with Crippen molar-refractivity contribution in [3.05, 3.63) is 36.0 Å². The van der Waals surface area contributed by atoms with Crippen molar-refractivity contribution in [2.45, 2.75) is 70.6 Å². The number of carbonyl (C=O) groups is 4. The molecule has 0 spiro atoms. The number of amides is 3. The van der Waals surface area contributed by atoms with Crippen molar-refractivity contribution in [1.29, 1.82) is 0 Å². The lowest BCUT2D eigenvalue weighted by Crippen LogP contribution is -2.57. The van der Waals surface area contributed by atoms with Crippen LogP contribution in [0.15, 0.2) is 35.5 Å². The fourth-order valence-corrected chi connectivity index (χ4v) is 3.95. The minimum atomic E-state index is -1.23. The normalized spacial score (nSPS) is 14.9. The number of nitrogens with one attached hydrogen (secondary N) is 4. The highest BCUT2D eigenvalue weighted by atomic mass is 16.4. The highest BCUT2D eigenvalue weighted by molar-refractivity contribution is 5.94. The number of H-pyrrole nitrogens is 1. The summed E-state index contributed by atoms with van der Waals surface area (Å²) in [4.78, 5) is 57.6. The summed E-state index contributed by atoms with van der Waals surface area (Å²) in [5.41, 5.74) is 18.2. The van der Waals surface area contributed by atoms with Gasteiger partial charge in [-0.1, -0.05) is 38.5 Å². The van der Waals surface area contributed by atoms with Gasteiger partial charge < -0.3 is 43.2 Å². The average Bonchev–Trinajstić information content (AvgIpc) is 3.31. The van der Waals surface area contributed by atoms with Gasteiger partial charge in [0.2, 0.25) is 17.7 Å². The number of carbonyl (C=O) groups excluding carboxylic acids is 3. The third-order valence-electron chi connectivity index (χ3n) is 6.60. The number of rotatable bonds is 15. The van der Waals surface area contributed by atoms with Gasteiger partial charge in [0.25, 0.3) is 0 Å². The molecule has 214 valence electrons. The minimum absolute atomic E-state index is 0.0750. The zero-order valence-electron chi connectivity index (χ0n) is 22.6. The molecule has 0 aliphatic carbocycles. The predicted octanol–water partition coefficient (Wildman–Crippen LogP) is -0.304. The van der Waals surface area contributed by atoms with Crippen LogP contribution in [-0.4, -0.2) is 70.5 Å². The van der Waals surface area contributed by atoms with Crippen LogP contribution in [0, 0.1) is 5.92 Å². The first-order chi connectivity index (χ1) is 18.4. The van der Waals surface area contributed by atoms with Crippen molar-refractivity contribution in [2.75, 3.05) is 6.54 Å². The van der Waals surface area contributed by atoms with E-state index in [0.29, 0.717) is 12.8 Å². The molecule has 5 unspecified atom stereocenters. The SMILES string of the molecule is CCC(C)C(N)C(=O)NC(C)C(=O)NC(Cc1c[nH]c2ccccc12)C(=O)NC(CCCN=C(N)N)C(=O)O. The maximum atomic E-state index is 13.3. The van der Waals surface area contributed by atoms with Crippen molar-refractivity contribution in [2.24, 2.45) is 28.1 Å². The smallest absolute Gasteiger partial charge is 0.326 e. The monoisotopic (exact) mass is 544 g/mol. The molecule has 0 bridgehead atoms. The van der Waals surface area contributed by atoms with Gasteiger partial charge in [-0.2, -0.15) is 0 Å². The van der Waals surface area contributed by atoms with Crippen molar-refractivity contribution in [1.82, 2.24) is 20.9 Å². The van der Waals surface area contributed by atoms with Crippen molar-refractivity contribution in [3.8, 4) is 0 Å². The molecule has 11 N–H and O–H groups in total. The van der Waals surface area contributed by atoms with Crippen LogP contribution in [0.25, 0.3) is 10.9 Å². The highest BCUT2D eigenvalue weighted by Crippen LogP contribution is 2.19. The number of carboxylic acid groups (broad SMARTS) is 1. The zero-order valence-corrected chi connectivity index (χ0v) is 22.6. The number of para-hydroxylation sites is 1. The molecule has 0 saturated carbocycles. The second kappa shape index (κ2) is 14.7. The summed E-state index contributed by atoms with van der Waals surface area (Å²) in [6.45, 7) is 5.44. The second-order valence-corrected chi connectivity index (χ2v) is 9.61. The number of carboxylic acids is 1. The Hall–Kier alpha value is -4.13. The van der Waals surface area contributed by atoms with E-state index in [-0.39, 0.29) is 31.3 Å². The molecule has 2 aromatic rings. The van der Waals surface area contributed by atoms with Gasteiger partial charge in [0, 0.05) is 30.1 Å². The Bertz CT molecular complexity index is 1180. The molecule has 1 heterocycles. The van der Waals surface area contributed by atoms with Gasteiger partial charge in [-0.3, -0.25) is 19.4 Å². The van der Waals surface area contributed by atoms with E-state index in [9.17, 15) is 24.3 Å². The lowest BCUT2D eigenvalue weighted by atomic mass is 9.99. The molecule has 39 heavy (non-hydrogen) atoms. The average molecular weight is 545 g/mol. The van der Waals surface area contributed by atoms with Crippen LogP contribution in [0.5, 0.6) is 0 Å². The lowest BCUT2D eigenvalue weighted by molar-refractivity contribution is -0.142. The molecule has 0 fully saturated rings. The number of aromatic nitrogens is 1. The predicted molar refractivity (Wildman–Crippen MR) is 148 cm³/mol. The van der Waals surface area contributed by atoms with E-state index < -0.39 is 47.9 Å². The quantitative estimate of drug-likeness (QED) is 0.0840. The Kier molecular flexibility index (Phi) is 11.7. The molecule has 3 amide bonds. The van der Waals surface area contributed by atoms with Crippen molar-refractivity contribution >= 4 is 40.6 Å². The Morgan fingerprint density at radius 2 is 1.67 bits per heavy atom. The third kappa shape index (κ3) is 9.28. The van der Waals surface area contributed by atoms with Crippen LogP contribution in [0.4, 0.5) is 0 Å². The molecule has 13 nitrogen and oxygen atoms in total. The number of guanidine groups is 1. The molecule has 5 atom stereocenters. The molecular weight excluding hydrogens is 504 g/mol. The van der Waals surface area contributed by atoms with Gasteiger partial charge in [0.05, 0.1) is 6.04 Å². The van der Waals surface area contributed by atoms with E-state index in [1.165, 1.54) is 6.92 Å². The van der Waals surface area contributed by atoms with Crippen LogP contribution in [-0.2, 0) is 25.6 Å². The number of nitrogens with zero attached hydrogens (tertiary/aromatic N) is 1. The lowest BCUT2D eigenvalue weighted by Gasteiger charge is -2.24. The van der Waals surface area contributed by atoms with Gasteiger partial charge in [-0.15, -0.1) is 0 Å². The van der Waals surface area contributed by atoms with Gasteiger partial charge in [-0.05, 0) is 37.3 Å². The fourth-order valence-electron chi connectivity index (χ4n) is 3.95. The largest absolute Gasteiger partial charge is 0.480 e. The summed E-state index contributed by atoms with van der Waals surface area (Å²) < 4.78 is 0. The summed E-state index contributed by atoms with van der Waals surface area (Å²) >= 11 is 0. The van der Waals surface area contributed by atoms with Gasteiger partial charge in [-0.25, -0.2) is 4.79 Å². The van der Waals surface area contributed by atoms with Crippen LogP contribution >= 0.6 is 0 Å². The number of aromatic amines is 1. The van der Waals surface area contributed by atoms with Crippen molar-refractivity contribution < 1.29 is 24.3 Å². The summed E-state index contributed by atoms with van der Waals surface area (Å²) in [5.74, 6) is -3.20. The summed E-state index contributed by atoms with van der Waals surface area (Å²) in [7, 11) is 0. The van der Waals surface area contributed by atoms with E-state index in [1.54, 1.807) is 6.20 Å². The maximum absolute atomic E-state index is 13.3. The first kappa shape index (κ1) is 31.1. The number of benzene rings is 1. The molecule has 0 aliphatic rings. The van der Waals surface area contributed by atoms with E-state index in [0.717, 1.165) is 16.5 Å². The molecule has 1 aromatic heterocycles. The van der Waals surface area contributed by atoms with E-state index >= 15 is 0 Å². The summed E-state index contributed by atoms with van der Waals surface area (Å²) in [6.07, 6.45) is 2.89. The maximum Gasteiger partial charge on any atom is 0.326 e. The topological polar surface area (TPSA) is 231 Å². The second-order valence-electron chi connectivity index (χ2n) is 9.61. The Balaban J connectivity index is 2.20. The van der Waals surface area contributed by atoms with Gasteiger partial charge in [0.1, 0.15) is 18.1 Å². The molecule has 2 rings (SSSR count). The Morgan fingerprint density at radius 1 is 1.00 bits per heavy atom. The molecular formula is C26H40N8O5. The summed E-state index contributed by atoms with van der Waals surface area (Å²) in [6, 6.07) is 3.35. The number of hydrogen-bond acceptors (Lipinski definition) is 6. The first-order valence-electron chi connectivity index (χ1n) is 12.9. The number of hydrogen-bond donors (Lipinski definition) is 8. The van der Waals surface area contributed by atoms with Crippen LogP contribution < -0.4 is 33.2 Å². The number of nitrogens with two attached hydrogens (primary N) is 3. The van der Waals surface area contributed by atoms with Crippen LogP contribution in [0.2, 0.25) is 0 Å². The molecule has 0 aliphatic heterocycles. The standard InChI is InChI=1S/C26H40N8O5/c1-4-14(2)21(27)24(37)32-15(3)22(35)34-20(12-16-13-31-18-9-6-5-8-17(16)18)23(36)33-19(25(38)39)10-7-11-30-26(28)29/h5-6,8-9,13-15,19-21,31H,4,7,10-12,27H2,1-3H3,(H,32,37)(H,33,36)(H,34,35)(H,38,39)(H4,28,29,30). The highest BCUT2D eigenvalue weighted by Gasteiger charge is 2.30. The fraction of sp³-hybridized carbons (Fsp3) is 0.500. The Labute approximate surface area is 227 Å². The molecule has 0 radical (unpaired) electrons. The molecule has 13 heteroatoms. The molecule has 1 aromatic carbocycles. The Morgan fingerprint density at radius 3 is 2.31 bits per heavy atom. The first-order valence-corrected chi connectivity index (χ1v) is 12.9. The number of fused-ring (bicyclic) bond motifs is 1. The van der Waals surface area contributed by atoms with Gasteiger partial charge in [0.15, 0.2) is 5.96 Å². The number of aliphatic carboxylic acids is 1. The minimum Gasteiger partial charge on any atom is -0.480 e. The third-order valence-corrected chi connectivity index (χ3v) is 6.60. The number of aliphatic imine (C=N–C) groups is 1. The van der Waals surface area contributed by atoms with E-state index in [1.807, 2.05) is 38.1 Å². The van der Waals surface area contributed by atoms with Gasteiger partial charge >= 0.3 is 5.97 Å². The summed E-state index contributed by atoms with van der Waals surface area (Å²) in [5, 5.41) is 18.3. The van der Waals surface area contributed by atoms with E-state index in [2.05, 4.69) is 25.9 Å². The van der Waals surface area contributed by atoms with E-state index in [4.69, 9.17) is 17.2 Å². The molecule has 0 saturated heterocycles. The van der Waals surface area contributed by atoms with Crippen LogP contribution in [0.1, 0.15) is 45.6 Å². The van der Waals surface area contributed by atoms with Crippen molar-refractivity contribution in [3.63, 3.8) is 0 Å². The zero-order chi connectivity index (χ0) is 29.1.